The number of benzene rings is 4. The first-order valence-corrected chi connectivity index (χ1v) is 19.1. The van der Waals surface area contributed by atoms with Gasteiger partial charge in [0.2, 0.25) is 0 Å². The molecule has 0 aromatic heterocycles. The zero-order valence-electron chi connectivity index (χ0n) is 31.8. The molecule has 4 heteroatoms. The molecular formula is C47H58N3O+. The predicted octanol–water partition coefficient (Wildman–Crippen LogP) is 10.8. The number of allylic oxidation sites excluding steroid dienone is 6. The van der Waals surface area contributed by atoms with Gasteiger partial charge in [0.15, 0.2) is 0 Å². The molecule has 0 bridgehead atoms. The maximum Gasteiger partial charge on any atom is 0.133 e. The summed E-state index contributed by atoms with van der Waals surface area (Å²) >= 11 is 0. The quantitative estimate of drug-likeness (QED) is 0.0554. The summed E-state index contributed by atoms with van der Waals surface area (Å²) in [7, 11) is 0. The van der Waals surface area contributed by atoms with E-state index >= 15 is 0 Å². The molecule has 0 saturated heterocycles. The highest BCUT2D eigenvalue weighted by Crippen LogP contribution is 2.50. The lowest BCUT2D eigenvalue weighted by atomic mass is 9.69. The number of nitrogens with two attached hydrogens (primary N) is 1. The highest BCUT2D eigenvalue weighted by atomic mass is 16.1. The molecule has 0 fully saturated rings. The van der Waals surface area contributed by atoms with E-state index in [0.29, 0.717) is 18.5 Å². The number of aldehydes is 1. The second-order valence-electron chi connectivity index (χ2n) is 13.9. The van der Waals surface area contributed by atoms with Crippen molar-refractivity contribution >= 4 is 28.4 Å². The van der Waals surface area contributed by atoms with Crippen LogP contribution in [-0.4, -0.2) is 19.4 Å². The van der Waals surface area contributed by atoms with Gasteiger partial charge in [-0.25, -0.2) is 0 Å². The van der Waals surface area contributed by atoms with Crippen molar-refractivity contribution in [2.24, 2.45) is 0 Å². The number of hydrogen-bond donors (Lipinski definition) is 1. The molecule has 5 rings (SSSR count). The van der Waals surface area contributed by atoms with Gasteiger partial charge in [-0.3, -0.25) is 0 Å². The van der Waals surface area contributed by atoms with Crippen molar-refractivity contribution in [2.45, 2.75) is 97.3 Å². The van der Waals surface area contributed by atoms with Crippen LogP contribution in [0.4, 0.5) is 11.4 Å². The molecule has 4 nitrogen and oxygen atoms in total. The molecule has 1 unspecified atom stereocenters. The first-order chi connectivity index (χ1) is 24.9. The summed E-state index contributed by atoms with van der Waals surface area (Å²) in [5.74, 6) is 0. The van der Waals surface area contributed by atoms with Crippen molar-refractivity contribution in [3.05, 3.63) is 143 Å². The number of unbranched alkanes of at least 4 members (excludes halogenated alkanes) is 1. The number of carbonyl (C=O) groups excluding carboxylic acids is 1. The third kappa shape index (κ3) is 9.15. The first-order valence-electron chi connectivity index (χ1n) is 19.1. The van der Waals surface area contributed by atoms with Crippen LogP contribution in [0.25, 0.3) is 10.8 Å². The topological polar surface area (TPSA) is 60.7 Å². The van der Waals surface area contributed by atoms with E-state index in [1.807, 2.05) is 26.0 Å². The third-order valence-corrected chi connectivity index (χ3v) is 10.2. The minimum Gasteiger partial charge on any atom is -0.344 e. The van der Waals surface area contributed by atoms with Crippen LogP contribution >= 0.6 is 0 Å². The van der Waals surface area contributed by atoms with Gasteiger partial charge < -0.3 is 15.0 Å². The van der Waals surface area contributed by atoms with Gasteiger partial charge in [-0.1, -0.05) is 139 Å². The van der Waals surface area contributed by atoms with Crippen molar-refractivity contribution in [2.75, 3.05) is 18.0 Å². The maximum absolute atomic E-state index is 11.5. The van der Waals surface area contributed by atoms with Gasteiger partial charge in [0.05, 0.1) is 18.2 Å². The fraction of sp³-hybridized carbons (Fsp3) is 0.362. The Morgan fingerprint density at radius 1 is 0.922 bits per heavy atom. The summed E-state index contributed by atoms with van der Waals surface area (Å²) in [6, 6.07) is 35.1. The van der Waals surface area contributed by atoms with Gasteiger partial charge >= 0.3 is 0 Å². The summed E-state index contributed by atoms with van der Waals surface area (Å²) in [6.45, 7) is 14.7. The Morgan fingerprint density at radius 3 is 2.37 bits per heavy atom. The second-order valence-corrected chi connectivity index (χ2v) is 13.9. The van der Waals surface area contributed by atoms with Crippen LogP contribution < -0.4 is 10.2 Å². The van der Waals surface area contributed by atoms with Crippen LogP contribution in [0.1, 0.15) is 96.8 Å². The van der Waals surface area contributed by atoms with Crippen molar-refractivity contribution < 1.29 is 10.1 Å². The predicted molar refractivity (Wildman–Crippen MR) is 216 cm³/mol. The van der Waals surface area contributed by atoms with Crippen molar-refractivity contribution in [1.82, 2.24) is 0 Å². The number of para-hydroxylation sites is 1. The van der Waals surface area contributed by atoms with Gasteiger partial charge in [-0.15, -0.1) is 0 Å². The Morgan fingerprint density at radius 2 is 1.65 bits per heavy atom. The van der Waals surface area contributed by atoms with Crippen molar-refractivity contribution in [3.8, 4) is 6.07 Å². The molecule has 0 radical (unpaired) electrons. The molecule has 0 spiro atoms. The molecule has 51 heavy (non-hydrogen) atoms. The van der Waals surface area contributed by atoms with Crippen molar-refractivity contribution in [3.63, 3.8) is 0 Å². The zero-order valence-corrected chi connectivity index (χ0v) is 31.8. The standard InChI is InChI=1S/C45H51N3O.C2H6/c1-5-7-28-45(33-35-17-9-8-10-18-35,39-22-13-14-23-40(39)47-30-6-2)29-15-19-36(34-46)24-27-42-44(3,4)43-38-21-12-11-20-37(38)25-26-41(43)48(42)31-16-32-49;1-2/h8-15,17-27,32,47H,5-7,16,28-31,33H2,1-4H3;1-2H3/p+1/b19-15+,36-24-,42-27+;. The van der Waals surface area contributed by atoms with Crippen LogP contribution in [0.5, 0.6) is 0 Å². The van der Waals surface area contributed by atoms with Crippen LogP contribution in [0.3, 0.4) is 0 Å². The molecule has 0 aliphatic carbocycles. The third-order valence-electron chi connectivity index (χ3n) is 10.2. The van der Waals surface area contributed by atoms with Gasteiger partial charge in [-0.05, 0) is 77.9 Å². The number of quaternary nitrogens is 1. The Bertz CT molecular complexity index is 1860. The molecule has 1 atom stereocenters. The highest BCUT2D eigenvalue weighted by molar-refractivity contribution is 5.95. The Labute approximate surface area is 307 Å². The largest absolute Gasteiger partial charge is 0.344 e. The van der Waals surface area contributed by atoms with E-state index in [2.05, 4.69) is 147 Å². The lowest BCUT2D eigenvalue weighted by Gasteiger charge is -2.35. The summed E-state index contributed by atoms with van der Waals surface area (Å²) in [6.07, 6.45) is 16.0. The Kier molecular flexibility index (Phi) is 14.6. The van der Waals surface area contributed by atoms with E-state index in [-0.39, 0.29) is 10.8 Å². The summed E-state index contributed by atoms with van der Waals surface area (Å²) in [4.78, 5) is 13.8. The van der Waals surface area contributed by atoms with Crippen molar-refractivity contribution in [1.29, 1.82) is 5.26 Å². The van der Waals surface area contributed by atoms with Crippen LogP contribution in [0.15, 0.2) is 127 Å². The van der Waals surface area contributed by atoms with Crippen LogP contribution in [-0.2, 0) is 22.0 Å². The summed E-state index contributed by atoms with van der Waals surface area (Å²) in [5, 5.41) is 15.2. The molecule has 0 amide bonds. The number of nitriles is 1. The van der Waals surface area contributed by atoms with Gasteiger partial charge in [0.25, 0.3) is 0 Å². The van der Waals surface area contributed by atoms with Crippen LogP contribution in [0.2, 0.25) is 0 Å². The second kappa shape index (κ2) is 19.0. The molecule has 1 aliphatic rings. The van der Waals surface area contributed by atoms with E-state index in [4.69, 9.17) is 0 Å². The highest BCUT2D eigenvalue weighted by Gasteiger charge is 2.41. The molecule has 4 aromatic carbocycles. The number of hydrogen-bond acceptors (Lipinski definition) is 3. The molecule has 0 saturated carbocycles. The maximum atomic E-state index is 11.5. The average Bonchev–Trinajstić information content (AvgIpc) is 3.39. The van der Waals surface area contributed by atoms with E-state index in [1.54, 1.807) is 0 Å². The smallest absolute Gasteiger partial charge is 0.133 e. The minimum atomic E-state index is -0.302. The van der Waals surface area contributed by atoms with Gasteiger partial charge in [0, 0.05) is 40.7 Å². The van der Waals surface area contributed by atoms with E-state index < -0.39 is 0 Å². The summed E-state index contributed by atoms with van der Waals surface area (Å²) in [5.41, 5.74) is 7.79. The number of anilines is 1. The zero-order chi connectivity index (χ0) is 36.7. The summed E-state index contributed by atoms with van der Waals surface area (Å²) < 4.78 is 0. The lowest BCUT2D eigenvalue weighted by Crippen LogP contribution is -2.78. The number of nitrogens with zero attached hydrogens (tertiary/aromatic N) is 2. The van der Waals surface area contributed by atoms with Crippen LogP contribution in [0, 0.1) is 11.3 Å². The molecular weight excluding hydrogens is 623 g/mol. The number of rotatable bonds is 16. The Hall–Kier alpha value is -4.72. The minimum absolute atomic E-state index is 0.102. The molecule has 2 N–H and O–H groups in total. The lowest BCUT2D eigenvalue weighted by molar-refractivity contribution is -0.572. The first kappa shape index (κ1) is 39.1. The monoisotopic (exact) mass is 680 g/mol. The van der Waals surface area contributed by atoms with E-state index in [1.165, 1.54) is 33.2 Å². The Balaban J connectivity index is 0.00000286. The molecule has 4 aromatic rings. The van der Waals surface area contributed by atoms with Gasteiger partial charge in [-0.2, -0.15) is 5.26 Å². The molecule has 266 valence electrons. The average molecular weight is 681 g/mol. The van der Waals surface area contributed by atoms with E-state index in [9.17, 15) is 10.1 Å². The number of carbonyl (C=O) groups is 1. The number of fused-ring (bicyclic) bond motifs is 3. The fourth-order valence-electron chi connectivity index (χ4n) is 7.73. The fourth-order valence-corrected chi connectivity index (χ4v) is 7.73. The molecule has 1 aliphatic heterocycles. The SMILES string of the molecule is CC.CCCCC(C/C=C/C(C#N)=C/C=C1/N(CCC=O)c2ccc3ccccc3c2C1(C)C)(Cc1ccccc1)c1ccccc1[NH2+]CCC. The molecule has 1 heterocycles. The van der Waals surface area contributed by atoms with E-state index in [0.717, 1.165) is 62.7 Å². The van der Waals surface area contributed by atoms with Gasteiger partial charge in [0.1, 0.15) is 12.0 Å². The normalized spacial score (nSPS) is 15.7.